The van der Waals surface area contributed by atoms with Crippen LogP contribution in [0.4, 0.5) is 0 Å². The van der Waals surface area contributed by atoms with Crippen molar-refractivity contribution in [2.45, 2.75) is 13.2 Å². The van der Waals surface area contributed by atoms with Crippen molar-refractivity contribution in [3.05, 3.63) is 69.1 Å². The quantitative estimate of drug-likeness (QED) is 0.795. The summed E-state index contributed by atoms with van der Waals surface area (Å²) in [5, 5.41) is 0. The number of benzene rings is 1. The summed E-state index contributed by atoms with van der Waals surface area (Å²) < 4.78 is 8.07. The van der Waals surface area contributed by atoms with E-state index in [0.717, 1.165) is 10.0 Å². The van der Waals surface area contributed by atoms with Gasteiger partial charge in [0.1, 0.15) is 0 Å². The van der Waals surface area contributed by atoms with Gasteiger partial charge in [-0.2, -0.15) is 0 Å². The van der Waals surface area contributed by atoms with Crippen LogP contribution < -0.4 is 5.56 Å². The van der Waals surface area contributed by atoms with E-state index < -0.39 is 0 Å². The van der Waals surface area contributed by atoms with Crippen molar-refractivity contribution >= 4 is 15.9 Å². The molecule has 0 saturated carbocycles. The molecule has 4 heteroatoms. The molecule has 2 rings (SSSR count). The van der Waals surface area contributed by atoms with Gasteiger partial charge in [-0.3, -0.25) is 4.79 Å². The molecule has 0 fully saturated rings. The molecule has 0 atom stereocenters. The van der Waals surface area contributed by atoms with Crippen LogP contribution in [0.3, 0.4) is 0 Å². The Morgan fingerprint density at radius 3 is 2.67 bits per heavy atom. The van der Waals surface area contributed by atoms with E-state index in [2.05, 4.69) is 15.9 Å². The summed E-state index contributed by atoms with van der Waals surface area (Å²) in [6.07, 6.45) is 1.77. The maximum absolute atomic E-state index is 11.5. The van der Waals surface area contributed by atoms with E-state index in [1.54, 1.807) is 22.9 Å². The average Bonchev–Trinajstić information content (AvgIpc) is 2.40. The maximum atomic E-state index is 11.5. The van der Waals surface area contributed by atoms with E-state index in [0.29, 0.717) is 19.8 Å². The number of hydrogen-bond donors (Lipinski definition) is 0. The summed E-state index contributed by atoms with van der Waals surface area (Å²) in [6.45, 7) is 1.65. The van der Waals surface area contributed by atoms with E-state index in [9.17, 15) is 4.79 Å². The summed E-state index contributed by atoms with van der Waals surface area (Å²) in [5.74, 6) is 0. The zero-order chi connectivity index (χ0) is 12.8. The van der Waals surface area contributed by atoms with Crippen LogP contribution in [0.15, 0.2) is 57.9 Å². The molecule has 18 heavy (non-hydrogen) atoms. The zero-order valence-corrected chi connectivity index (χ0v) is 11.5. The zero-order valence-electron chi connectivity index (χ0n) is 9.88. The molecule has 94 valence electrons. The Labute approximate surface area is 114 Å². The van der Waals surface area contributed by atoms with Crippen molar-refractivity contribution < 1.29 is 4.74 Å². The molecule has 1 aromatic carbocycles. The number of rotatable bonds is 5. The Morgan fingerprint density at radius 1 is 1.11 bits per heavy atom. The van der Waals surface area contributed by atoms with Crippen LogP contribution in [-0.2, 0) is 17.9 Å². The minimum Gasteiger partial charge on any atom is -0.375 e. The van der Waals surface area contributed by atoms with Crippen LogP contribution in [0.5, 0.6) is 0 Å². The molecule has 0 spiro atoms. The minimum absolute atomic E-state index is 0.0125. The van der Waals surface area contributed by atoms with Crippen LogP contribution in [0.1, 0.15) is 5.56 Å². The van der Waals surface area contributed by atoms with Crippen molar-refractivity contribution in [3.63, 3.8) is 0 Å². The van der Waals surface area contributed by atoms with Crippen molar-refractivity contribution in [2.24, 2.45) is 0 Å². The van der Waals surface area contributed by atoms with Crippen LogP contribution in [0.2, 0.25) is 0 Å². The molecule has 0 aliphatic rings. The van der Waals surface area contributed by atoms with Crippen LogP contribution in [0.25, 0.3) is 0 Å². The average molecular weight is 308 g/mol. The summed E-state index contributed by atoms with van der Waals surface area (Å²) in [6, 6.07) is 13.3. The number of nitrogens with zero attached hydrogens (tertiary/aromatic N) is 1. The molecule has 0 amide bonds. The summed E-state index contributed by atoms with van der Waals surface area (Å²) >= 11 is 3.34. The Morgan fingerprint density at radius 2 is 1.89 bits per heavy atom. The molecule has 1 aromatic heterocycles. The second-order valence-corrected chi connectivity index (χ2v) is 4.83. The molecule has 0 aliphatic heterocycles. The number of ether oxygens (including phenoxy) is 1. The van der Waals surface area contributed by atoms with Gasteiger partial charge in [0.05, 0.1) is 13.2 Å². The van der Waals surface area contributed by atoms with Gasteiger partial charge >= 0.3 is 0 Å². The van der Waals surface area contributed by atoms with Gasteiger partial charge < -0.3 is 9.30 Å². The molecule has 0 N–H and O–H groups in total. The van der Waals surface area contributed by atoms with Crippen molar-refractivity contribution in [3.8, 4) is 0 Å². The summed E-state index contributed by atoms with van der Waals surface area (Å²) in [4.78, 5) is 11.5. The molecule has 1 heterocycles. The first-order chi connectivity index (χ1) is 8.75. The molecule has 0 unspecified atom stereocenters. The second-order valence-electron chi connectivity index (χ2n) is 3.92. The Kier molecular flexibility index (Phi) is 4.73. The molecule has 0 aliphatic carbocycles. The number of aromatic nitrogens is 1. The molecular formula is C14H14BrNO2. The lowest BCUT2D eigenvalue weighted by Gasteiger charge is -2.07. The van der Waals surface area contributed by atoms with Gasteiger partial charge in [-0.25, -0.2) is 0 Å². The molecular weight excluding hydrogens is 294 g/mol. The molecule has 0 bridgehead atoms. The van der Waals surface area contributed by atoms with Gasteiger partial charge in [-0.1, -0.05) is 30.3 Å². The number of halogens is 1. The van der Waals surface area contributed by atoms with Crippen molar-refractivity contribution in [2.75, 3.05) is 6.61 Å². The Balaban J connectivity index is 1.82. The lowest BCUT2D eigenvalue weighted by Crippen LogP contribution is -2.20. The number of hydrogen-bond acceptors (Lipinski definition) is 2. The first kappa shape index (κ1) is 13.1. The monoisotopic (exact) mass is 307 g/mol. The topological polar surface area (TPSA) is 31.2 Å². The first-order valence-electron chi connectivity index (χ1n) is 5.73. The maximum Gasteiger partial charge on any atom is 0.250 e. The minimum atomic E-state index is -0.0125. The van der Waals surface area contributed by atoms with Crippen LogP contribution in [0, 0.1) is 0 Å². The van der Waals surface area contributed by atoms with Gasteiger partial charge in [-0.15, -0.1) is 0 Å². The van der Waals surface area contributed by atoms with Gasteiger partial charge in [0.25, 0.3) is 5.56 Å². The van der Waals surface area contributed by atoms with E-state index in [4.69, 9.17) is 4.74 Å². The number of pyridine rings is 1. The van der Waals surface area contributed by atoms with Crippen molar-refractivity contribution in [1.29, 1.82) is 0 Å². The van der Waals surface area contributed by atoms with E-state index in [1.807, 2.05) is 30.3 Å². The molecule has 0 radical (unpaired) electrons. The van der Waals surface area contributed by atoms with E-state index >= 15 is 0 Å². The fourth-order valence-corrected chi connectivity index (χ4v) is 1.98. The Bertz CT molecular complexity index is 551. The van der Waals surface area contributed by atoms with Gasteiger partial charge in [0.2, 0.25) is 0 Å². The van der Waals surface area contributed by atoms with Crippen LogP contribution in [-0.4, -0.2) is 11.2 Å². The highest BCUT2D eigenvalue weighted by Gasteiger charge is 1.97. The third-order valence-corrected chi connectivity index (χ3v) is 3.00. The standard InChI is InChI=1S/C14H14BrNO2/c15-13-6-7-14(17)16(10-13)8-9-18-11-12-4-2-1-3-5-12/h1-7,10H,8-9,11H2. The third-order valence-electron chi connectivity index (χ3n) is 2.54. The third kappa shape index (κ3) is 3.82. The summed E-state index contributed by atoms with van der Waals surface area (Å²) in [7, 11) is 0. The molecule has 3 nitrogen and oxygen atoms in total. The lowest BCUT2D eigenvalue weighted by atomic mass is 10.2. The highest BCUT2D eigenvalue weighted by molar-refractivity contribution is 9.10. The largest absolute Gasteiger partial charge is 0.375 e. The van der Waals surface area contributed by atoms with E-state index in [1.165, 1.54) is 0 Å². The van der Waals surface area contributed by atoms with Gasteiger partial charge in [-0.05, 0) is 27.6 Å². The van der Waals surface area contributed by atoms with E-state index in [-0.39, 0.29) is 5.56 Å². The predicted octanol–water partition coefficient (Wildman–Crippen LogP) is 2.83. The smallest absolute Gasteiger partial charge is 0.250 e. The predicted molar refractivity (Wildman–Crippen MR) is 74.5 cm³/mol. The lowest BCUT2D eigenvalue weighted by molar-refractivity contribution is 0.112. The summed E-state index contributed by atoms with van der Waals surface area (Å²) in [5.41, 5.74) is 1.13. The highest BCUT2D eigenvalue weighted by atomic mass is 79.9. The molecule has 0 saturated heterocycles. The van der Waals surface area contributed by atoms with Gasteiger partial charge in [0, 0.05) is 23.3 Å². The van der Waals surface area contributed by atoms with Crippen LogP contribution >= 0.6 is 15.9 Å². The fraction of sp³-hybridized carbons (Fsp3) is 0.214. The normalized spacial score (nSPS) is 10.5. The highest BCUT2D eigenvalue weighted by Crippen LogP contribution is 2.05. The fourth-order valence-electron chi connectivity index (χ4n) is 1.60. The Hall–Kier alpha value is -1.39. The second kappa shape index (κ2) is 6.52. The molecule has 2 aromatic rings. The van der Waals surface area contributed by atoms with Gasteiger partial charge in [0.15, 0.2) is 0 Å². The first-order valence-corrected chi connectivity index (χ1v) is 6.53. The van der Waals surface area contributed by atoms with Crippen molar-refractivity contribution in [1.82, 2.24) is 4.57 Å². The SMILES string of the molecule is O=c1ccc(Br)cn1CCOCc1ccccc1.